The SMILES string of the molecule is CO[C@@H]1O[C@@]23C=C[C@@H]4[C@@]1(CC[C@]1(C)[C@@H]([C@H](C)C/C=C/C(C)(C)OC)CC[C@@]41C)[C@@H]2CC[C@H](O)C3(C)C. The molecule has 1 heterocycles. The van der Waals surface area contributed by atoms with Crippen molar-refractivity contribution in [2.45, 2.75) is 117 Å². The molecule has 0 amide bonds. The van der Waals surface area contributed by atoms with E-state index in [1.54, 1.807) is 7.11 Å². The maximum Gasteiger partial charge on any atom is 0.164 e. The van der Waals surface area contributed by atoms with Gasteiger partial charge in [-0.1, -0.05) is 58.9 Å². The first-order chi connectivity index (χ1) is 16.8. The van der Waals surface area contributed by atoms with Gasteiger partial charge < -0.3 is 19.3 Å². The quantitative estimate of drug-likeness (QED) is 0.402. The molecule has 1 aliphatic heterocycles. The van der Waals surface area contributed by atoms with Gasteiger partial charge >= 0.3 is 0 Å². The largest absolute Gasteiger partial charge is 0.392 e. The summed E-state index contributed by atoms with van der Waals surface area (Å²) in [6.07, 6.45) is 16.9. The average Bonchev–Trinajstić information content (AvgIpc) is 3.20. The topological polar surface area (TPSA) is 47.9 Å². The number of hydrogen-bond donors (Lipinski definition) is 1. The monoisotopic (exact) mass is 500 g/mol. The number of ether oxygens (including phenoxy) is 3. The summed E-state index contributed by atoms with van der Waals surface area (Å²) in [5, 5.41) is 11.0. The summed E-state index contributed by atoms with van der Waals surface area (Å²) in [6.45, 7) is 16.3. The first-order valence-corrected chi connectivity index (χ1v) is 14.6. The van der Waals surface area contributed by atoms with E-state index in [-0.39, 0.29) is 34.2 Å². The molecule has 0 aromatic heterocycles. The summed E-state index contributed by atoms with van der Waals surface area (Å²) in [4.78, 5) is 0. The van der Waals surface area contributed by atoms with Crippen molar-refractivity contribution in [2.24, 2.45) is 45.3 Å². The van der Waals surface area contributed by atoms with Crippen LogP contribution in [0.1, 0.15) is 93.4 Å². The zero-order valence-electron chi connectivity index (χ0n) is 24.4. The number of fused-ring (bicyclic) bond motifs is 2. The summed E-state index contributed by atoms with van der Waals surface area (Å²) in [5.74, 6) is 2.20. The third kappa shape index (κ3) is 3.20. The Balaban J connectivity index is 1.49. The summed E-state index contributed by atoms with van der Waals surface area (Å²) in [7, 11) is 3.63. The highest BCUT2D eigenvalue weighted by atomic mass is 16.7. The molecule has 204 valence electrons. The van der Waals surface area contributed by atoms with E-state index < -0.39 is 5.60 Å². The Morgan fingerprint density at radius 1 is 1.06 bits per heavy atom. The Morgan fingerprint density at radius 2 is 1.78 bits per heavy atom. The van der Waals surface area contributed by atoms with Crippen LogP contribution in [0.3, 0.4) is 0 Å². The molecule has 1 spiro atoms. The van der Waals surface area contributed by atoms with Crippen molar-refractivity contribution in [3.63, 3.8) is 0 Å². The minimum Gasteiger partial charge on any atom is -0.392 e. The van der Waals surface area contributed by atoms with E-state index in [2.05, 4.69) is 72.8 Å². The van der Waals surface area contributed by atoms with Crippen molar-refractivity contribution in [1.29, 1.82) is 0 Å². The number of hydrogen-bond acceptors (Lipinski definition) is 4. The van der Waals surface area contributed by atoms with E-state index in [0.717, 1.165) is 25.7 Å². The van der Waals surface area contributed by atoms with E-state index in [1.807, 2.05) is 7.11 Å². The second kappa shape index (κ2) is 8.41. The van der Waals surface area contributed by atoms with Crippen LogP contribution in [-0.2, 0) is 14.2 Å². The predicted molar refractivity (Wildman–Crippen MR) is 144 cm³/mol. The lowest BCUT2D eigenvalue weighted by Crippen LogP contribution is -2.65. The van der Waals surface area contributed by atoms with Gasteiger partial charge in [-0.25, -0.2) is 0 Å². The molecule has 4 heteroatoms. The maximum absolute atomic E-state index is 11.0. The Morgan fingerprint density at radius 3 is 2.44 bits per heavy atom. The predicted octanol–water partition coefficient (Wildman–Crippen LogP) is 6.92. The Labute approximate surface area is 220 Å². The number of aliphatic hydroxyl groups is 1. The molecule has 36 heavy (non-hydrogen) atoms. The third-order valence-electron chi connectivity index (χ3n) is 12.9. The lowest BCUT2D eigenvalue weighted by molar-refractivity contribution is -0.225. The minimum absolute atomic E-state index is 0.00428. The van der Waals surface area contributed by atoms with Crippen LogP contribution in [0, 0.1) is 45.3 Å². The fourth-order valence-corrected chi connectivity index (χ4v) is 10.3. The minimum atomic E-state index is -0.434. The molecule has 5 aliphatic rings. The van der Waals surface area contributed by atoms with Crippen LogP contribution < -0.4 is 0 Å². The normalized spacial score (nSPS) is 50.1. The summed E-state index contributed by atoms with van der Waals surface area (Å²) in [6, 6.07) is 0. The van der Waals surface area contributed by atoms with Crippen LogP contribution in [0.25, 0.3) is 0 Å². The average molecular weight is 501 g/mol. The zero-order valence-corrected chi connectivity index (χ0v) is 24.4. The molecular formula is C32H52O4. The molecule has 0 aromatic rings. The Bertz CT molecular complexity index is 921. The molecule has 2 bridgehead atoms. The highest BCUT2D eigenvalue weighted by Crippen LogP contribution is 2.78. The molecule has 4 aliphatic carbocycles. The van der Waals surface area contributed by atoms with Crippen LogP contribution >= 0.6 is 0 Å². The van der Waals surface area contributed by atoms with Gasteiger partial charge in [0, 0.05) is 31.0 Å². The molecule has 5 rings (SSSR count). The highest BCUT2D eigenvalue weighted by Gasteiger charge is 2.78. The molecule has 0 aromatic carbocycles. The van der Waals surface area contributed by atoms with E-state index >= 15 is 0 Å². The van der Waals surface area contributed by atoms with Crippen LogP contribution in [0.2, 0.25) is 0 Å². The zero-order chi connectivity index (χ0) is 26.4. The molecule has 1 N–H and O–H groups in total. The van der Waals surface area contributed by atoms with E-state index in [0.29, 0.717) is 29.1 Å². The van der Waals surface area contributed by atoms with Crippen molar-refractivity contribution in [3.8, 4) is 0 Å². The molecule has 10 atom stereocenters. The van der Waals surface area contributed by atoms with Crippen molar-refractivity contribution in [1.82, 2.24) is 0 Å². The highest BCUT2D eigenvalue weighted by molar-refractivity contribution is 5.34. The van der Waals surface area contributed by atoms with Gasteiger partial charge in [0.25, 0.3) is 0 Å². The van der Waals surface area contributed by atoms with Gasteiger partial charge in [0.05, 0.1) is 11.7 Å². The second-order valence-corrected chi connectivity index (χ2v) is 14.7. The van der Waals surface area contributed by atoms with Gasteiger partial charge in [0.1, 0.15) is 5.60 Å². The molecule has 4 fully saturated rings. The molecular weight excluding hydrogens is 448 g/mol. The molecule has 0 unspecified atom stereocenters. The van der Waals surface area contributed by atoms with Crippen LogP contribution in [0.15, 0.2) is 24.3 Å². The van der Waals surface area contributed by atoms with E-state index in [9.17, 15) is 5.11 Å². The lowest BCUT2D eigenvalue weighted by atomic mass is 9.38. The Kier molecular flexibility index (Phi) is 6.28. The van der Waals surface area contributed by atoms with Crippen molar-refractivity contribution >= 4 is 0 Å². The van der Waals surface area contributed by atoms with Gasteiger partial charge in [0.15, 0.2) is 6.29 Å². The number of allylic oxidation sites excluding steroid dienone is 2. The fraction of sp³-hybridized carbons (Fsp3) is 0.875. The number of aliphatic hydroxyl groups excluding tert-OH is 1. The van der Waals surface area contributed by atoms with Crippen molar-refractivity contribution in [3.05, 3.63) is 24.3 Å². The van der Waals surface area contributed by atoms with Gasteiger partial charge in [-0.15, -0.1) is 0 Å². The molecule has 0 radical (unpaired) electrons. The number of methoxy groups -OCH3 is 2. The maximum atomic E-state index is 11.0. The van der Waals surface area contributed by atoms with Crippen LogP contribution in [-0.4, -0.2) is 42.9 Å². The third-order valence-corrected chi connectivity index (χ3v) is 12.9. The van der Waals surface area contributed by atoms with Gasteiger partial charge in [-0.2, -0.15) is 0 Å². The molecule has 1 saturated heterocycles. The summed E-state index contributed by atoms with van der Waals surface area (Å²) < 4.78 is 18.8. The van der Waals surface area contributed by atoms with Crippen LogP contribution in [0.4, 0.5) is 0 Å². The first-order valence-electron chi connectivity index (χ1n) is 14.6. The standard InChI is InChI=1S/C32H52O4/c1-21(11-10-16-27(2,3)35-9)22-14-17-30(7)23-15-18-32-24(12-13-25(33)28(32,4)5)31(23,26(34-8)36-32)20-19-29(22,30)6/h10,15-16,18,21-26,33H,11-14,17,19-20H2,1-9H3/b16-10+/t21-,22-,23+,24+,25+,26-,29-,30+,31+,32+/m1/s1. The summed E-state index contributed by atoms with van der Waals surface area (Å²) in [5.41, 5.74) is -0.460. The molecule has 3 saturated carbocycles. The Hall–Kier alpha value is -0.680. The van der Waals surface area contributed by atoms with Gasteiger partial charge in [0.2, 0.25) is 0 Å². The fourth-order valence-electron chi connectivity index (χ4n) is 10.3. The van der Waals surface area contributed by atoms with Crippen molar-refractivity contribution in [2.75, 3.05) is 14.2 Å². The summed E-state index contributed by atoms with van der Waals surface area (Å²) >= 11 is 0. The lowest BCUT2D eigenvalue weighted by Gasteiger charge is -2.65. The molecule has 4 nitrogen and oxygen atoms in total. The second-order valence-electron chi connectivity index (χ2n) is 14.7. The van der Waals surface area contributed by atoms with Crippen molar-refractivity contribution < 1.29 is 19.3 Å². The smallest absolute Gasteiger partial charge is 0.164 e. The van der Waals surface area contributed by atoms with E-state index in [4.69, 9.17) is 14.2 Å². The van der Waals surface area contributed by atoms with Crippen LogP contribution in [0.5, 0.6) is 0 Å². The van der Waals surface area contributed by atoms with E-state index in [1.165, 1.54) is 19.3 Å². The first kappa shape index (κ1) is 26.9. The van der Waals surface area contributed by atoms with Gasteiger partial charge in [-0.05, 0) is 87.4 Å². The van der Waals surface area contributed by atoms with Gasteiger partial charge in [-0.3, -0.25) is 0 Å². The number of rotatable bonds is 6.